The van der Waals surface area contributed by atoms with Crippen LogP contribution in [0.4, 0.5) is 4.39 Å². The third kappa shape index (κ3) is 4.41. The lowest BCUT2D eigenvalue weighted by Gasteiger charge is -2.31. The lowest BCUT2D eigenvalue weighted by Crippen LogP contribution is -2.38. The molecule has 1 fully saturated rings. The van der Waals surface area contributed by atoms with Crippen molar-refractivity contribution in [3.05, 3.63) is 41.7 Å². The zero-order valence-electron chi connectivity index (χ0n) is 12.7. The van der Waals surface area contributed by atoms with Gasteiger partial charge in [0.2, 0.25) is 11.8 Å². The van der Waals surface area contributed by atoms with E-state index in [1.54, 1.807) is 23.1 Å². The van der Waals surface area contributed by atoms with Gasteiger partial charge in [0.25, 0.3) is 0 Å². The van der Waals surface area contributed by atoms with Crippen LogP contribution in [-0.2, 0) is 9.59 Å². The van der Waals surface area contributed by atoms with Gasteiger partial charge in [-0.2, -0.15) is 0 Å². The van der Waals surface area contributed by atoms with Crippen molar-refractivity contribution >= 4 is 17.4 Å². The molecule has 1 aliphatic rings. The minimum absolute atomic E-state index is 0.0423. The molecule has 0 bridgehead atoms. The number of hydrogen-bond donors (Lipinski definition) is 1. The molecule has 1 aliphatic heterocycles. The molecule has 0 radical (unpaired) electrons. The van der Waals surface area contributed by atoms with Gasteiger partial charge in [0.15, 0.2) is 0 Å². The first-order valence-electron chi connectivity index (χ1n) is 7.47. The summed E-state index contributed by atoms with van der Waals surface area (Å²) in [7, 11) is 0. The van der Waals surface area contributed by atoms with E-state index in [9.17, 15) is 14.0 Å². The maximum Gasteiger partial charge on any atom is 0.246 e. The van der Waals surface area contributed by atoms with Crippen LogP contribution in [0.2, 0.25) is 0 Å². The minimum atomic E-state index is -0.292. The maximum atomic E-state index is 12.9. The second-order valence-corrected chi connectivity index (χ2v) is 5.77. The molecule has 1 aromatic carbocycles. The van der Waals surface area contributed by atoms with E-state index in [0.717, 1.165) is 24.0 Å². The molecule has 0 aromatic heterocycles. The van der Waals surface area contributed by atoms with Crippen molar-refractivity contribution in [3.63, 3.8) is 0 Å². The normalized spacial score (nSPS) is 16.6. The van der Waals surface area contributed by atoms with Gasteiger partial charge in [0, 0.05) is 25.6 Å². The van der Waals surface area contributed by atoms with Gasteiger partial charge in [-0.15, -0.1) is 0 Å². The number of piperidine rings is 1. The number of halogens is 1. The number of nitrogens with zero attached hydrogens (tertiary/aromatic N) is 1. The number of hydrogen-bond acceptors (Lipinski definition) is 2. The van der Waals surface area contributed by atoms with E-state index in [1.165, 1.54) is 12.1 Å². The van der Waals surface area contributed by atoms with Crippen molar-refractivity contribution in [1.29, 1.82) is 0 Å². The lowest BCUT2D eigenvalue weighted by molar-refractivity contribution is -0.127. The summed E-state index contributed by atoms with van der Waals surface area (Å²) in [6.45, 7) is 3.12. The van der Waals surface area contributed by atoms with Crippen molar-refractivity contribution in [2.24, 2.45) is 11.7 Å². The Morgan fingerprint density at radius 2 is 1.86 bits per heavy atom. The van der Waals surface area contributed by atoms with Crippen molar-refractivity contribution < 1.29 is 14.0 Å². The van der Waals surface area contributed by atoms with Crippen LogP contribution in [0.3, 0.4) is 0 Å². The van der Waals surface area contributed by atoms with E-state index in [0.29, 0.717) is 19.5 Å². The summed E-state index contributed by atoms with van der Waals surface area (Å²) in [6.07, 6.45) is 3.59. The number of nitrogens with two attached hydrogens (primary N) is 1. The summed E-state index contributed by atoms with van der Waals surface area (Å²) in [5.74, 6) is -0.334. The largest absolute Gasteiger partial charge is 0.370 e. The number of primary amides is 1. The highest BCUT2D eigenvalue weighted by Gasteiger charge is 2.22. The molecule has 0 atom stereocenters. The fourth-order valence-electron chi connectivity index (χ4n) is 2.71. The second-order valence-electron chi connectivity index (χ2n) is 5.77. The van der Waals surface area contributed by atoms with Crippen LogP contribution in [0.15, 0.2) is 30.3 Å². The molecule has 0 aliphatic carbocycles. The molecule has 22 heavy (non-hydrogen) atoms. The predicted octanol–water partition coefficient (Wildman–Crippen LogP) is 2.34. The number of amides is 2. The summed E-state index contributed by atoms with van der Waals surface area (Å²) >= 11 is 0. The summed E-state index contributed by atoms with van der Waals surface area (Å²) in [5, 5.41) is 0. The van der Waals surface area contributed by atoms with Crippen LogP contribution in [0.1, 0.15) is 31.7 Å². The number of allylic oxidation sites excluding steroid dienone is 1. The second kappa shape index (κ2) is 7.20. The first kappa shape index (κ1) is 16.2. The number of carbonyl (C=O) groups excluding carboxylic acids is 2. The van der Waals surface area contributed by atoms with Crippen LogP contribution >= 0.6 is 0 Å². The molecule has 0 unspecified atom stereocenters. The lowest BCUT2D eigenvalue weighted by atomic mass is 9.93. The van der Waals surface area contributed by atoms with E-state index in [-0.39, 0.29) is 23.5 Å². The molecule has 1 aromatic rings. The van der Waals surface area contributed by atoms with E-state index < -0.39 is 0 Å². The first-order valence-corrected chi connectivity index (χ1v) is 7.47. The Kier molecular flexibility index (Phi) is 5.31. The Morgan fingerprint density at radius 1 is 1.27 bits per heavy atom. The highest BCUT2D eigenvalue weighted by atomic mass is 19.1. The third-order valence-corrected chi connectivity index (χ3v) is 4.06. The quantitative estimate of drug-likeness (QED) is 0.868. The summed E-state index contributed by atoms with van der Waals surface area (Å²) in [6, 6.07) is 6.08. The zero-order chi connectivity index (χ0) is 16.1. The molecule has 118 valence electrons. The zero-order valence-corrected chi connectivity index (χ0v) is 12.7. The fourth-order valence-corrected chi connectivity index (χ4v) is 2.71. The standard InChI is InChI=1S/C17H21FN2O2/c1-12(14-2-4-15(18)5-3-14)10-17(22)20-8-6-13(7-9-20)11-16(19)21/h2-5,10,13H,6-9,11H2,1H3,(H2,19,21)/b12-10-. The summed E-state index contributed by atoms with van der Waals surface area (Å²) in [4.78, 5) is 25.0. The minimum Gasteiger partial charge on any atom is -0.370 e. The smallest absolute Gasteiger partial charge is 0.246 e. The van der Waals surface area contributed by atoms with Crippen LogP contribution in [0.25, 0.3) is 5.57 Å². The van der Waals surface area contributed by atoms with Gasteiger partial charge in [-0.1, -0.05) is 12.1 Å². The molecule has 5 heteroatoms. The third-order valence-electron chi connectivity index (χ3n) is 4.06. The van der Waals surface area contributed by atoms with Gasteiger partial charge in [-0.05, 0) is 49.0 Å². The predicted molar refractivity (Wildman–Crippen MR) is 83.2 cm³/mol. The van der Waals surface area contributed by atoms with Crippen molar-refractivity contribution in [2.45, 2.75) is 26.2 Å². The number of likely N-dealkylation sites (tertiary alicyclic amines) is 1. The molecule has 2 rings (SSSR count). The summed E-state index contributed by atoms with van der Waals surface area (Å²) < 4.78 is 12.9. The number of carbonyl (C=O) groups is 2. The summed E-state index contributed by atoms with van der Waals surface area (Å²) in [5.41, 5.74) is 6.84. The first-order chi connectivity index (χ1) is 10.5. The highest BCUT2D eigenvalue weighted by molar-refractivity contribution is 5.94. The van der Waals surface area contributed by atoms with E-state index in [1.807, 2.05) is 6.92 Å². The maximum absolute atomic E-state index is 12.9. The Morgan fingerprint density at radius 3 is 2.41 bits per heavy atom. The van der Waals surface area contributed by atoms with E-state index >= 15 is 0 Å². The van der Waals surface area contributed by atoms with Crippen LogP contribution in [0, 0.1) is 11.7 Å². The van der Waals surface area contributed by atoms with Crippen molar-refractivity contribution in [1.82, 2.24) is 4.90 Å². The highest BCUT2D eigenvalue weighted by Crippen LogP contribution is 2.21. The number of rotatable bonds is 4. The van der Waals surface area contributed by atoms with Gasteiger partial charge in [-0.3, -0.25) is 9.59 Å². The topological polar surface area (TPSA) is 63.4 Å². The van der Waals surface area contributed by atoms with Gasteiger partial charge < -0.3 is 10.6 Å². The molecule has 1 heterocycles. The molecular weight excluding hydrogens is 283 g/mol. The Bertz CT molecular complexity index is 573. The van der Waals surface area contributed by atoms with Gasteiger partial charge in [-0.25, -0.2) is 4.39 Å². The molecular formula is C17H21FN2O2. The van der Waals surface area contributed by atoms with Crippen molar-refractivity contribution in [2.75, 3.05) is 13.1 Å². The van der Waals surface area contributed by atoms with Crippen LogP contribution in [0.5, 0.6) is 0 Å². The van der Waals surface area contributed by atoms with E-state index in [2.05, 4.69) is 0 Å². The average Bonchev–Trinajstić information content (AvgIpc) is 2.48. The van der Waals surface area contributed by atoms with Gasteiger partial charge >= 0.3 is 0 Å². The molecule has 4 nitrogen and oxygen atoms in total. The van der Waals surface area contributed by atoms with Crippen LogP contribution in [-0.4, -0.2) is 29.8 Å². The Balaban J connectivity index is 1.93. The number of benzene rings is 1. The average molecular weight is 304 g/mol. The molecule has 0 saturated carbocycles. The molecule has 2 N–H and O–H groups in total. The molecule has 2 amide bonds. The SMILES string of the molecule is C/C(=C/C(=O)N1CCC(CC(N)=O)CC1)c1ccc(F)cc1. The molecule has 1 saturated heterocycles. The Hall–Kier alpha value is -2.17. The van der Waals surface area contributed by atoms with Gasteiger partial charge in [0.1, 0.15) is 5.82 Å². The van der Waals surface area contributed by atoms with E-state index in [4.69, 9.17) is 5.73 Å². The monoisotopic (exact) mass is 304 g/mol. The fraction of sp³-hybridized carbons (Fsp3) is 0.412. The molecule has 0 spiro atoms. The van der Waals surface area contributed by atoms with Crippen LogP contribution < -0.4 is 5.73 Å². The van der Waals surface area contributed by atoms with Crippen molar-refractivity contribution in [3.8, 4) is 0 Å². The van der Waals surface area contributed by atoms with Gasteiger partial charge in [0.05, 0.1) is 0 Å². The Labute approximate surface area is 129 Å².